The molecule has 0 atom stereocenters. The molecular formula is C28H31N3O4S. The Morgan fingerprint density at radius 1 is 0.917 bits per heavy atom. The second-order valence-corrected chi connectivity index (χ2v) is 11.2. The highest BCUT2D eigenvalue weighted by atomic mass is 32.2. The van der Waals surface area contributed by atoms with Crippen LogP contribution >= 0.6 is 0 Å². The third-order valence-electron chi connectivity index (χ3n) is 6.37. The van der Waals surface area contributed by atoms with Gasteiger partial charge < -0.3 is 10.2 Å². The predicted molar refractivity (Wildman–Crippen MR) is 143 cm³/mol. The van der Waals surface area contributed by atoms with E-state index in [0.29, 0.717) is 24.3 Å². The number of rotatable bonds is 7. The van der Waals surface area contributed by atoms with Crippen molar-refractivity contribution in [1.29, 1.82) is 0 Å². The molecule has 0 saturated carbocycles. The second-order valence-electron chi connectivity index (χ2n) is 9.31. The van der Waals surface area contributed by atoms with Crippen LogP contribution in [0.2, 0.25) is 0 Å². The first-order valence-electron chi connectivity index (χ1n) is 11.9. The molecule has 7 nitrogen and oxygen atoms in total. The molecule has 1 saturated heterocycles. The largest absolute Gasteiger partial charge is 0.325 e. The molecule has 0 spiro atoms. The number of amides is 2. The van der Waals surface area contributed by atoms with Gasteiger partial charge in [-0.15, -0.1) is 0 Å². The van der Waals surface area contributed by atoms with E-state index < -0.39 is 15.9 Å². The van der Waals surface area contributed by atoms with Crippen LogP contribution in [0.5, 0.6) is 0 Å². The van der Waals surface area contributed by atoms with E-state index in [1.165, 1.54) is 4.31 Å². The van der Waals surface area contributed by atoms with Crippen molar-refractivity contribution in [3.05, 3.63) is 82.9 Å². The van der Waals surface area contributed by atoms with Crippen molar-refractivity contribution in [2.75, 3.05) is 27.6 Å². The van der Waals surface area contributed by atoms with Crippen molar-refractivity contribution in [2.45, 2.75) is 45.4 Å². The number of carbonyl (C=O) groups is 2. The maximum absolute atomic E-state index is 13.7. The highest BCUT2D eigenvalue weighted by Crippen LogP contribution is 2.30. The Morgan fingerprint density at radius 2 is 1.61 bits per heavy atom. The number of anilines is 3. The van der Waals surface area contributed by atoms with Gasteiger partial charge in [0.25, 0.3) is 10.0 Å². The van der Waals surface area contributed by atoms with E-state index in [1.54, 1.807) is 47.4 Å². The van der Waals surface area contributed by atoms with Crippen LogP contribution in [0.3, 0.4) is 0 Å². The summed E-state index contributed by atoms with van der Waals surface area (Å²) in [4.78, 5) is 27.2. The summed E-state index contributed by atoms with van der Waals surface area (Å²) in [6.07, 6.45) is 1.38. The van der Waals surface area contributed by atoms with Crippen molar-refractivity contribution in [3.63, 3.8) is 0 Å². The van der Waals surface area contributed by atoms with Crippen molar-refractivity contribution < 1.29 is 18.0 Å². The maximum Gasteiger partial charge on any atom is 0.264 e. The summed E-state index contributed by atoms with van der Waals surface area (Å²) >= 11 is 0. The smallest absolute Gasteiger partial charge is 0.264 e. The van der Waals surface area contributed by atoms with Gasteiger partial charge in [0.1, 0.15) is 6.54 Å². The molecule has 1 fully saturated rings. The van der Waals surface area contributed by atoms with Gasteiger partial charge in [-0.3, -0.25) is 13.9 Å². The van der Waals surface area contributed by atoms with Gasteiger partial charge in [0, 0.05) is 24.3 Å². The Hall–Kier alpha value is -3.65. The summed E-state index contributed by atoms with van der Waals surface area (Å²) in [7, 11) is -4.00. The molecule has 3 aromatic carbocycles. The number of aryl methyl sites for hydroxylation is 4. The molecular weight excluding hydrogens is 474 g/mol. The first-order chi connectivity index (χ1) is 17.1. The number of nitrogens with one attached hydrogen (secondary N) is 1. The number of nitrogens with zero attached hydrogens (tertiary/aromatic N) is 2. The number of hydrogen-bond acceptors (Lipinski definition) is 4. The topological polar surface area (TPSA) is 86.8 Å². The van der Waals surface area contributed by atoms with Crippen LogP contribution in [0.4, 0.5) is 17.1 Å². The molecule has 1 aliphatic rings. The molecule has 0 unspecified atom stereocenters. The van der Waals surface area contributed by atoms with Crippen LogP contribution < -0.4 is 14.5 Å². The van der Waals surface area contributed by atoms with Crippen molar-refractivity contribution >= 4 is 38.9 Å². The highest BCUT2D eigenvalue weighted by molar-refractivity contribution is 7.92. The molecule has 0 radical (unpaired) electrons. The Labute approximate surface area is 212 Å². The number of carbonyl (C=O) groups excluding carboxylic acids is 2. The fourth-order valence-electron chi connectivity index (χ4n) is 4.40. The first-order valence-corrected chi connectivity index (χ1v) is 13.4. The van der Waals surface area contributed by atoms with Gasteiger partial charge in [0.05, 0.1) is 10.6 Å². The van der Waals surface area contributed by atoms with Crippen molar-refractivity contribution in [3.8, 4) is 0 Å². The van der Waals surface area contributed by atoms with Crippen LogP contribution in [-0.4, -0.2) is 33.3 Å². The molecule has 8 heteroatoms. The summed E-state index contributed by atoms with van der Waals surface area (Å²) in [5, 5.41) is 2.83. The van der Waals surface area contributed by atoms with E-state index in [0.717, 1.165) is 34.4 Å². The normalized spacial score (nSPS) is 13.7. The molecule has 188 valence electrons. The summed E-state index contributed by atoms with van der Waals surface area (Å²) in [5.41, 5.74) is 5.28. The standard InChI is InChI=1S/C28H31N3O4S/c1-19-8-12-24(13-9-19)36(34,35)31(26-16-20(2)7-10-21(26)3)18-27(32)29-23-11-14-25(22(4)17-23)30-15-5-6-28(30)33/h7-14,16-17H,5-6,15,18H2,1-4H3,(H,29,32). The zero-order valence-electron chi connectivity index (χ0n) is 21.0. The molecule has 0 bridgehead atoms. The minimum absolute atomic E-state index is 0.0976. The molecule has 1 aliphatic heterocycles. The molecule has 36 heavy (non-hydrogen) atoms. The zero-order chi connectivity index (χ0) is 26.0. The quantitative estimate of drug-likeness (QED) is 0.496. The number of hydrogen-bond donors (Lipinski definition) is 1. The molecule has 2 amide bonds. The van der Waals surface area contributed by atoms with Crippen LogP contribution in [0.15, 0.2) is 65.6 Å². The molecule has 0 aliphatic carbocycles. The zero-order valence-corrected chi connectivity index (χ0v) is 21.9. The van der Waals surface area contributed by atoms with E-state index in [4.69, 9.17) is 0 Å². The Kier molecular flexibility index (Phi) is 7.17. The van der Waals surface area contributed by atoms with E-state index in [1.807, 2.05) is 45.9 Å². The van der Waals surface area contributed by atoms with Gasteiger partial charge >= 0.3 is 0 Å². The maximum atomic E-state index is 13.7. The summed E-state index contributed by atoms with van der Waals surface area (Å²) in [6.45, 7) is 7.79. The predicted octanol–water partition coefficient (Wildman–Crippen LogP) is 4.88. The summed E-state index contributed by atoms with van der Waals surface area (Å²) in [5.74, 6) is -0.364. The van der Waals surface area contributed by atoms with Gasteiger partial charge in [-0.2, -0.15) is 0 Å². The lowest BCUT2D eigenvalue weighted by molar-refractivity contribution is -0.117. The molecule has 4 rings (SSSR count). The molecule has 0 aromatic heterocycles. The molecule has 1 N–H and O–H groups in total. The second kappa shape index (κ2) is 10.1. The van der Waals surface area contributed by atoms with Crippen LogP contribution in [0.1, 0.15) is 35.1 Å². The SMILES string of the molecule is Cc1ccc(S(=O)(=O)N(CC(=O)Nc2ccc(N3CCCC3=O)c(C)c2)c2cc(C)ccc2C)cc1. The lowest BCUT2D eigenvalue weighted by Gasteiger charge is -2.26. The molecule has 3 aromatic rings. The van der Waals surface area contributed by atoms with Crippen LogP contribution in [0, 0.1) is 27.7 Å². The van der Waals surface area contributed by atoms with Gasteiger partial charge in [0.2, 0.25) is 11.8 Å². The number of sulfonamides is 1. The fourth-order valence-corrected chi connectivity index (χ4v) is 5.87. The minimum atomic E-state index is -4.00. The summed E-state index contributed by atoms with van der Waals surface area (Å²) in [6, 6.07) is 17.5. The van der Waals surface area contributed by atoms with Gasteiger partial charge in [-0.25, -0.2) is 8.42 Å². The average Bonchev–Trinajstić information content (AvgIpc) is 3.25. The summed E-state index contributed by atoms with van der Waals surface area (Å²) < 4.78 is 28.5. The van der Waals surface area contributed by atoms with Crippen molar-refractivity contribution in [2.24, 2.45) is 0 Å². The van der Waals surface area contributed by atoms with Gasteiger partial charge in [-0.1, -0.05) is 29.8 Å². The lowest BCUT2D eigenvalue weighted by Crippen LogP contribution is -2.38. The third-order valence-corrected chi connectivity index (χ3v) is 8.15. The van der Waals surface area contributed by atoms with Crippen molar-refractivity contribution in [1.82, 2.24) is 0 Å². The van der Waals surface area contributed by atoms with Gasteiger partial charge in [0.15, 0.2) is 0 Å². The average molecular weight is 506 g/mol. The monoisotopic (exact) mass is 505 g/mol. The first kappa shape index (κ1) is 25.4. The Bertz CT molecular complexity index is 1420. The van der Waals surface area contributed by atoms with Crippen LogP contribution in [0.25, 0.3) is 0 Å². The van der Waals surface area contributed by atoms with E-state index in [2.05, 4.69) is 5.32 Å². The lowest BCUT2D eigenvalue weighted by atomic mass is 10.1. The van der Waals surface area contributed by atoms with E-state index in [-0.39, 0.29) is 17.3 Å². The minimum Gasteiger partial charge on any atom is -0.325 e. The molecule has 1 heterocycles. The number of benzene rings is 3. The van der Waals surface area contributed by atoms with E-state index >= 15 is 0 Å². The van der Waals surface area contributed by atoms with Gasteiger partial charge in [-0.05, 0) is 87.2 Å². The van der Waals surface area contributed by atoms with E-state index in [9.17, 15) is 18.0 Å². The highest BCUT2D eigenvalue weighted by Gasteiger charge is 2.29. The third kappa shape index (κ3) is 5.28. The fraction of sp³-hybridized carbons (Fsp3) is 0.286. The Balaban J connectivity index is 1.62. The Morgan fingerprint density at radius 3 is 2.25 bits per heavy atom. The van der Waals surface area contributed by atoms with Crippen LogP contribution in [-0.2, 0) is 19.6 Å².